The molecule has 2 heteroatoms. The Hall–Kier alpha value is -0.343. The van der Waals surface area contributed by atoms with Crippen LogP contribution in [0.15, 0.2) is 16.0 Å². The van der Waals surface area contributed by atoms with Gasteiger partial charge < -0.3 is 5.11 Å². The van der Waals surface area contributed by atoms with Crippen molar-refractivity contribution in [1.82, 2.24) is 0 Å². The van der Waals surface area contributed by atoms with Crippen LogP contribution in [-0.4, -0.2) is 19.8 Å². The summed E-state index contributed by atoms with van der Waals surface area (Å²) >= 11 is 0. The van der Waals surface area contributed by atoms with Gasteiger partial charge in [-0.15, -0.1) is 0 Å². The lowest BCUT2D eigenvalue weighted by atomic mass is 10.2. The zero-order valence-electron chi connectivity index (χ0n) is 7.07. The fraction of sp³-hybridized carbons (Fsp3) is 0.556. The summed E-state index contributed by atoms with van der Waals surface area (Å²) in [5.74, 6) is 0. The zero-order valence-corrected chi connectivity index (χ0v) is 8.07. The molecule has 59 valence electrons. The number of fused-ring (bicyclic) bond motifs is 1. The Morgan fingerprint density at radius 2 is 2.27 bits per heavy atom. The maximum Gasteiger partial charge on any atom is 0.109 e. The van der Waals surface area contributed by atoms with Gasteiger partial charge in [0.2, 0.25) is 0 Å². The van der Waals surface area contributed by atoms with Crippen LogP contribution in [0.1, 0.15) is 12.8 Å². The Bertz CT molecular complexity index is 261. The van der Waals surface area contributed by atoms with Gasteiger partial charge in [-0.05, 0) is 29.7 Å². The Kier molecular flexibility index (Phi) is 1.38. The van der Waals surface area contributed by atoms with E-state index in [1.807, 2.05) is 0 Å². The molecule has 2 aliphatic heterocycles. The van der Waals surface area contributed by atoms with Gasteiger partial charge in [0.15, 0.2) is 0 Å². The first-order chi connectivity index (χ1) is 5.18. The largest absolute Gasteiger partial charge is 0.396 e. The fourth-order valence-electron chi connectivity index (χ4n) is 2.21. The molecule has 0 atom stereocenters. The van der Waals surface area contributed by atoms with Crippen molar-refractivity contribution < 1.29 is 5.11 Å². The molecule has 0 aromatic heterocycles. The molecule has 0 aromatic rings. The van der Waals surface area contributed by atoms with Crippen LogP contribution in [0.5, 0.6) is 0 Å². The maximum absolute atomic E-state index is 8.78. The topological polar surface area (TPSA) is 20.2 Å². The van der Waals surface area contributed by atoms with E-state index in [4.69, 9.17) is 5.11 Å². The number of hydrogen-bond acceptors (Lipinski definition) is 1. The normalized spacial score (nSPS) is 25.2. The van der Waals surface area contributed by atoms with E-state index in [1.54, 1.807) is 5.20 Å². The smallest absolute Gasteiger partial charge is 0.109 e. The molecule has 2 heterocycles. The van der Waals surface area contributed by atoms with Crippen LogP contribution in [0.2, 0.25) is 13.1 Å². The molecule has 11 heavy (non-hydrogen) atoms. The van der Waals surface area contributed by atoms with Crippen molar-refractivity contribution in [2.75, 3.05) is 6.61 Å². The van der Waals surface area contributed by atoms with Crippen molar-refractivity contribution >= 4 is 8.07 Å². The summed E-state index contributed by atoms with van der Waals surface area (Å²) in [6, 6.07) is 0. The predicted octanol–water partition coefficient (Wildman–Crippen LogP) is 1.60. The second kappa shape index (κ2) is 2.08. The first kappa shape index (κ1) is 7.31. The standard InChI is InChI=1S/C9H13OSi/c1-11(2)8-3-4-9(11)7(8)5-6-10/h10H,3,5-6H2,1-2H3. The maximum atomic E-state index is 8.78. The summed E-state index contributed by atoms with van der Waals surface area (Å²) in [5.41, 5.74) is 1.45. The van der Waals surface area contributed by atoms with Crippen LogP contribution < -0.4 is 0 Å². The molecular weight excluding hydrogens is 152 g/mol. The minimum Gasteiger partial charge on any atom is -0.396 e. The molecule has 0 spiro atoms. The molecule has 1 N–H and O–H groups in total. The van der Waals surface area contributed by atoms with Crippen molar-refractivity contribution in [2.45, 2.75) is 25.9 Å². The molecule has 3 rings (SSSR count). The second-order valence-corrected chi connectivity index (χ2v) is 8.14. The quantitative estimate of drug-likeness (QED) is 0.616. The zero-order chi connectivity index (χ0) is 8.06. The van der Waals surface area contributed by atoms with Crippen LogP contribution in [0.4, 0.5) is 0 Å². The third kappa shape index (κ3) is 0.740. The third-order valence-corrected chi connectivity index (χ3v) is 6.57. The average Bonchev–Trinajstić information content (AvgIpc) is 2.46. The van der Waals surface area contributed by atoms with E-state index in [2.05, 4.69) is 19.2 Å². The molecule has 1 nitrogen and oxygen atoms in total. The molecular formula is C9H13OSi. The molecule has 2 bridgehead atoms. The van der Waals surface area contributed by atoms with Crippen molar-refractivity contribution in [3.8, 4) is 0 Å². The van der Waals surface area contributed by atoms with Crippen molar-refractivity contribution in [3.05, 3.63) is 22.0 Å². The highest BCUT2D eigenvalue weighted by atomic mass is 28.3. The summed E-state index contributed by atoms with van der Waals surface area (Å²) in [7, 11) is -1.07. The van der Waals surface area contributed by atoms with Crippen molar-refractivity contribution in [3.63, 3.8) is 0 Å². The number of aliphatic hydroxyl groups excluding tert-OH is 1. The van der Waals surface area contributed by atoms with Crippen molar-refractivity contribution in [2.24, 2.45) is 0 Å². The SMILES string of the molecule is C[Si]1(C)C2=[C]CC1=C2CCO. The van der Waals surface area contributed by atoms with Crippen LogP contribution >= 0.6 is 0 Å². The predicted molar refractivity (Wildman–Crippen MR) is 47.6 cm³/mol. The fourth-order valence-corrected chi connectivity index (χ4v) is 5.42. The van der Waals surface area contributed by atoms with Gasteiger partial charge in [-0.1, -0.05) is 18.3 Å². The molecule has 1 aliphatic carbocycles. The van der Waals surface area contributed by atoms with Crippen LogP contribution in [-0.2, 0) is 0 Å². The Balaban J connectivity index is 2.28. The highest BCUT2D eigenvalue weighted by molar-refractivity contribution is 6.95. The van der Waals surface area contributed by atoms with Crippen LogP contribution in [0.25, 0.3) is 0 Å². The summed E-state index contributed by atoms with van der Waals surface area (Å²) in [5, 5.41) is 11.9. The second-order valence-electron chi connectivity index (χ2n) is 3.78. The van der Waals surface area contributed by atoms with E-state index in [0.717, 1.165) is 12.8 Å². The van der Waals surface area contributed by atoms with E-state index >= 15 is 0 Å². The van der Waals surface area contributed by atoms with Gasteiger partial charge in [0.1, 0.15) is 8.07 Å². The molecule has 0 fully saturated rings. The van der Waals surface area contributed by atoms with Gasteiger partial charge in [-0.3, -0.25) is 0 Å². The molecule has 0 aromatic carbocycles. The average molecular weight is 165 g/mol. The van der Waals surface area contributed by atoms with E-state index in [1.165, 1.54) is 10.8 Å². The monoisotopic (exact) mass is 165 g/mol. The lowest BCUT2D eigenvalue weighted by Gasteiger charge is -2.36. The molecule has 0 amide bonds. The summed E-state index contributed by atoms with van der Waals surface area (Å²) in [6.45, 7) is 5.05. The van der Waals surface area contributed by atoms with Crippen LogP contribution in [0.3, 0.4) is 0 Å². The van der Waals surface area contributed by atoms with Gasteiger partial charge in [0.25, 0.3) is 0 Å². The molecule has 0 saturated heterocycles. The van der Waals surface area contributed by atoms with E-state index in [-0.39, 0.29) is 0 Å². The molecule has 3 aliphatic rings. The Morgan fingerprint density at radius 3 is 2.64 bits per heavy atom. The minimum atomic E-state index is -1.07. The minimum absolute atomic E-state index is 0.300. The van der Waals surface area contributed by atoms with E-state index < -0.39 is 8.07 Å². The lowest BCUT2D eigenvalue weighted by molar-refractivity contribution is 0.299. The Labute approximate surface area is 68.4 Å². The number of aliphatic hydroxyl groups is 1. The molecule has 0 unspecified atom stereocenters. The third-order valence-electron chi connectivity index (χ3n) is 2.85. The number of rotatable bonds is 2. The summed E-state index contributed by atoms with van der Waals surface area (Å²) in [4.78, 5) is 0. The van der Waals surface area contributed by atoms with Crippen molar-refractivity contribution in [1.29, 1.82) is 0 Å². The highest BCUT2D eigenvalue weighted by Gasteiger charge is 2.46. The first-order valence-corrected chi connectivity index (χ1v) is 7.13. The van der Waals surface area contributed by atoms with Gasteiger partial charge in [0, 0.05) is 6.61 Å². The first-order valence-electron chi connectivity index (χ1n) is 4.13. The van der Waals surface area contributed by atoms with Gasteiger partial charge in [-0.2, -0.15) is 0 Å². The summed E-state index contributed by atoms with van der Waals surface area (Å²) < 4.78 is 0. The van der Waals surface area contributed by atoms with Gasteiger partial charge >= 0.3 is 0 Å². The highest BCUT2D eigenvalue weighted by Crippen LogP contribution is 2.50. The summed E-state index contributed by atoms with van der Waals surface area (Å²) in [6.07, 6.45) is 5.35. The van der Waals surface area contributed by atoms with E-state index in [9.17, 15) is 0 Å². The van der Waals surface area contributed by atoms with Crippen LogP contribution in [0, 0.1) is 6.08 Å². The molecule has 0 saturated carbocycles. The molecule has 1 radical (unpaired) electrons. The number of allylic oxidation sites excluding steroid dienone is 3. The Morgan fingerprint density at radius 1 is 1.55 bits per heavy atom. The van der Waals surface area contributed by atoms with E-state index in [0.29, 0.717) is 6.61 Å². The van der Waals surface area contributed by atoms with Gasteiger partial charge in [-0.25, -0.2) is 0 Å². The number of hydrogen-bond donors (Lipinski definition) is 1. The lowest BCUT2D eigenvalue weighted by Crippen LogP contribution is -2.39. The van der Waals surface area contributed by atoms with Gasteiger partial charge in [0.05, 0.1) is 0 Å².